The molecule has 1 unspecified atom stereocenters. The van der Waals surface area contributed by atoms with Gasteiger partial charge < -0.3 is 14.9 Å². The fourth-order valence-electron chi connectivity index (χ4n) is 2.32. The highest BCUT2D eigenvalue weighted by molar-refractivity contribution is 6.19. The van der Waals surface area contributed by atoms with Gasteiger partial charge in [-0.25, -0.2) is 4.79 Å². The lowest BCUT2D eigenvalue weighted by Gasteiger charge is -2.03. The van der Waals surface area contributed by atoms with Crippen molar-refractivity contribution in [3.8, 4) is 0 Å². The average Bonchev–Trinajstić information content (AvgIpc) is 2.79. The Hall–Kier alpha value is -1.62. The monoisotopic (exact) mass is 310 g/mol. The molecule has 5 nitrogen and oxygen atoms in total. The molecule has 0 aromatic carbocycles. The maximum Gasteiger partial charge on any atom is 0.346 e. The summed E-state index contributed by atoms with van der Waals surface area (Å²) in [5, 5.41) is 18.6. The van der Waals surface area contributed by atoms with Gasteiger partial charge >= 0.3 is 5.97 Å². The van der Waals surface area contributed by atoms with Crippen molar-refractivity contribution in [1.82, 2.24) is 0 Å². The molecule has 0 saturated carbocycles. The van der Waals surface area contributed by atoms with Gasteiger partial charge in [-0.05, 0) is 25.7 Å². The number of hydrogen-bond acceptors (Lipinski definition) is 5. The number of esters is 1. The van der Waals surface area contributed by atoms with Crippen molar-refractivity contribution < 1.29 is 24.5 Å². The van der Waals surface area contributed by atoms with Crippen molar-refractivity contribution in [2.75, 3.05) is 6.61 Å². The van der Waals surface area contributed by atoms with E-state index in [2.05, 4.69) is 19.1 Å². The Morgan fingerprint density at radius 2 is 1.86 bits per heavy atom. The second-order valence-electron chi connectivity index (χ2n) is 5.47. The Bertz CT molecular complexity index is 436. The average molecular weight is 310 g/mol. The summed E-state index contributed by atoms with van der Waals surface area (Å²) in [6.07, 6.45) is 10.7. The third-order valence-corrected chi connectivity index (χ3v) is 3.62. The highest BCUT2D eigenvalue weighted by atomic mass is 16.6. The van der Waals surface area contributed by atoms with E-state index in [-0.39, 0.29) is 12.0 Å². The van der Waals surface area contributed by atoms with Gasteiger partial charge in [0.2, 0.25) is 0 Å². The quantitative estimate of drug-likeness (QED) is 0.265. The number of cyclic esters (lactones) is 1. The molecular weight excluding hydrogens is 284 g/mol. The number of hydrogen-bond donors (Lipinski definition) is 2. The second-order valence-corrected chi connectivity index (χ2v) is 5.47. The molecule has 0 aromatic heterocycles. The van der Waals surface area contributed by atoms with Gasteiger partial charge in [0.05, 0.1) is 6.61 Å². The minimum absolute atomic E-state index is 0.187. The van der Waals surface area contributed by atoms with Crippen LogP contribution in [0.3, 0.4) is 0 Å². The Kier molecular flexibility index (Phi) is 8.51. The van der Waals surface area contributed by atoms with E-state index in [9.17, 15) is 14.7 Å². The summed E-state index contributed by atoms with van der Waals surface area (Å²) in [5.74, 6) is -1.70. The van der Waals surface area contributed by atoms with Crippen LogP contribution in [0.5, 0.6) is 0 Å². The summed E-state index contributed by atoms with van der Waals surface area (Å²) in [7, 11) is 0. The van der Waals surface area contributed by atoms with Crippen LogP contribution in [0.2, 0.25) is 0 Å². The summed E-state index contributed by atoms with van der Waals surface area (Å²) in [5.41, 5.74) is -0.303. The first-order valence-electron chi connectivity index (χ1n) is 8.05. The summed E-state index contributed by atoms with van der Waals surface area (Å²) < 4.78 is 4.70. The molecule has 1 aliphatic heterocycles. The SMILES string of the molecule is CCCCCC/C=C/CCCC(=O)C1=C(O)C(CO)OC1=O. The van der Waals surface area contributed by atoms with Crippen molar-refractivity contribution in [2.45, 2.75) is 64.4 Å². The fraction of sp³-hybridized carbons (Fsp3) is 0.647. The van der Waals surface area contributed by atoms with Crippen LogP contribution in [0, 0.1) is 0 Å². The molecule has 124 valence electrons. The molecule has 2 N–H and O–H groups in total. The van der Waals surface area contributed by atoms with Gasteiger partial charge in [-0.15, -0.1) is 0 Å². The van der Waals surface area contributed by atoms with E-state index in [0.29, 0.717) is 6.42 Å². The van der Waals surface area contributed by atoms with Crippen LogP contribution >= 0.6 is 0 Å². The molecule has 1 atom stereocenters. The number of aliphatic hydroxyl groups is 2. The molecule has 5 heteroatoms. The minimum Gasteiger partial charge on any atom is -0.507 e. The molecule has 0 aliphatic carbocycles. The minimum atomic E-state index is -1.09. The number of allylic oxidation sites excluding steroid dienone is 2. The predicted octanol–water partition coefficient (Wildman–Crippen LogP) is 2.98. The molecule has 1 heterocycles. The Balaban J connectivity index is 2.25. The largest absolute Gasteiger partial charge is 0.507 e. The Morgan fingerprint density at radius 3 is 2.45 bits per heavy atom. The van der Waals surface area contributed by atoms with E-state index in [0.717, 1.165) is 12.8 Å². The van der Waals surface area contributed by atoms with Crippen LogP contribution < -0.4 is 0 Å². The van der Waals surface area contributed by atoms with E-state index < -0.39 is 30.2 Å². The van der Waals surface area contributed by atoms with Gasteiger partial charge in [0.1, 0.15) is 5.57 Å². The molecule has 0 spiro atoms. The van der Waals surface area contributed by atoms with Gasteiger partial charge in [-0.2, -0.15) is 0 Å². The van der Waals surface area contributed by atoms with Crippen LogP contribution in [0.4, 0.5) is 0 Å². The number of ether oxygens (including phenoxy) is 1. The van der Waals surface area contributed by atoms with Crippen LogP contribution in [0.1, 0.15) is 58.3 Å². The van der Waals surface area contributed by atoms with Gasteiger partial charge in [0.15, 0.2) is 17.6 Å². The van der Waals surface area contributed by atoms with Crippen molar-refractivity contribution in [3.63, 3.8) is 0 Å². The first kappa shape index (κ1) is 18.4. The maximum absolute atomic E-state index is 11.9. The molecule has 0 amide bonds. The number of carbonyl (C=O) groups excluding carboxylic acids is 2. The number of rotatable bonds is 11. The van der Waals surface area contributed by atoms with Crippen LogP contribution in [0.15, 0.2) is 23.5 Å². The molecule has 0 saturated heterocycles. The van der Waals surface area contributed by atoms with E-state index in [1.165, 1.54) is 25.7 Å². The molecule has 0 radical (unpaired) electrons. The van der Waals surface area contributed by atoms with Gasteiger partial charge in [0, 0.05) is 6.42 Å². The third-order valence-electron chi connectivity index (χ3n) is 3.62. The number of ketones is 1. The van der Waals surface area contributed by atoms with Crippen molar-refractivity contribution in [3.05, 3.63) is 23.5 Å². The van der Waals surface area contributed by atoms with Crippen molar-refractivity contribution >= 4 is 11.8 Å². The Labute approximate surface area is 131 Å². The van der Waals surface area contributed by atoms with Gasteiger partial charge in [0.25, 0.3) is 0 Å². The lowest BCUT2D eigenvalue weighted by molar-refractivity contribution is -0.142. The molecule has 1 aliphatic rings. The lowest BCUT2D eigenvalue weighted by atomic mass is 10.0. The highest BCUT2D eigenvalue weighted by Gasteiger charge is 2.37. The molecule has 0 bridgehead atoms. The van der Waals surface area contributed by atoms with E-state index >= 15 is 0 Å². The van der Waals surface area contributed by atoms with Crippen LogP contribution in [-0.2, 0) is 14.3 Å². The summed E-state index contributed by atoms with van der Waals surface area (Å²) in [6.45, 7) is 1.66. The van der Waals surface area contributed by atoms with E-state index in [1.807, 2.05) is 0 Å². The molecular formula is C17H26O5. The number of carbonyl (C=O) groups is 2. The smallest absolute Gasteiger partial charge is 0.346 e. The molecule has 0 aromatic rings. The molecule has 1 rings (SSSR count). The van der Waals surface area contributed by atoms with Crippen molar-refractivity contribution in [1.29, 1.82) is 0 Å². The standard InChI is InChI=1S/C17H26O5/c1-2-3-4-5-6-7-8-9-10-11-13(19)15-16(20)14(12-18)22-17(15)21/h7-8,14,18,20H,2-6,9-12H2,1H3/b8-7+. The molecule has 22 heavy (non-hydrogen) atoms. The maximum atomic E-state index is 11.9. The molecule has 0 fully saturated rings. The Morgan fingerprint density at radius 1 is 1.18 bits per heavy atom. The predicted molar refractivity (Wildman–Crippen MR) is 83.4 cm³/mol. The van der Waals surface area contributed by atoms with Crippen LogP contribution in [-0.4, -0.2) is 34.7 Å². The van der Waals surface area contributed by atoms with E-state index in [1.54, 1.807) is 0 Å². The highest BCUT2D eigenvalue weighted by Crippen LogP contribution is 2.22. The zero-order valence-electron chi connectivity index (χ0n) is 13.2. The van der Waals surface area contributed by atoms with Crippen LogP contribution in [0.25, 0.3) is 0 Å². The normalized spacial score (nSPS) is 18.3. The zero-order chi connectivity index (χ0) is 16.4. The first-order valence-corrected chi connectivity index (χ1v) is 8.05. The summed E-state index contributed by atoms with van der Waals surface area (Å²) in [4.78, 5) is 23.4. The summed E-state index contributed by atoms with van der Waals surface area (Å²) >= 11 is 0. The third kappa shape index (κ3) is 5.64. The van der Waals surface area contributed by atoms with Crippen molar-refractivity contribution in [2.24, 2.45) is 0 Å². The van der Waals surface area contributed by atoms with Gasteiger partial charge in [-0.3, -0.25) is 4.79 Å². The number of Topliss-reactive ketones (excluding diaryl/α,β-unsaturated/α-hetero) is 1. The second kappa shape index (κ2) is 10.2. The zero-order valence-corrected chi connectivity index (χ0v) is 13.2. The van der Waals surface area contributed by atoms with Gasteiger partial charge in [-0.1, -0.05) is 38.3 Å². The van der Waals surface area contributed by atoms with E-state index in [4.69, 9.17) is 9.84 Å². The first-order chi connectivity index (χ1) is 10.6. The number of unbranched alkanes of at least 4 members (excludes halogenated alkanes) is 5. The fourth-order valence-corrected chi connectivity index (χ4v) is 2.32. The number of aliphatic hydroxyl groups excluding tert-OH is 2. The lowest BCUT2D eigenvalue weighted by Crippen LogP contribution is -2.15. The topological polar surface area (TPSA) is 83.8 Å². The summed E-state index contributed by atoms with van der Waals surface area (Å²) in [6, 6.07) is 0.